The molecule has 1 fully saturated rings. The highest BCUT2D eigenvalue weighted by molar-refractivity contribution is 5.79. The number of nitrogens with two attached hydrogens (primary N) is 1. The minimum absolute atomic E-state index is 0.271. The lowest BCUT2D eigenvalue weighted by atomic mass is 9.73. The Morgan fingerprint density at radius 1 is 1.40 bits per heavy atom. The molecule has 3 heteroatoms. The quantitative estimate of drug-likeness (QED) is 0.744. The maximum atomic E-state index is 11.2. The average molecular weight is 205 g/mol. The molecule has 0 amide bonds. The molecule has 80 valence electrons. The number of carboxylic acid groups (broad SMARTS) is 1. The summed E-state index contributed by atoms with van der Waals surface area (Å²) in [5.74, 6) is -0.898. The van der Waals surface area contributed by atoms with Gasteiger partial charge in [-0.1, -0.05) is 24.6 Å². The minimum Gasteiger partial charge on any atom is -0.481 e. The van der Waals surface area contributed by atoms with Crippen LogP contribution < -0.4 is 5.73 Å². The normalized spacial score (nSPS) is 18.1. The van der Waals surface area contributed by atoms with E-state index in [1.54, 1.807) is 6.07 Å². The lowest BCUT2D eigenvalue weighted by Gasteiger charge is -2.31. The molecule has 0 spiro atoms. The van der Waals surface area contributed by atoms with Crippen molar-refractivity contribution in [1.82, 2.24) is 0 Å². The zero-order chi connectivity index (χ0) is 10.8. The second-order valence-electron chi connectivity index (χ2n) is 4.14. The number of carbonyl (C=O) groups is 1. The summed E-state index contributed by atoms with van der Waals surface area (Å²) in [6.45, 7) is 0. The van der Waals surface area contributed by atoms with Crippen molar-refractivity contribution in [3.63, 3.8) is 0 Å². The summed E-state index contributed by atoms with van der Waals surface area (Å²) in [6, 6.07) is 7.27. The van der Waals surface area contributed by atoms with Gasteiger partial charge < -0.3 is 10.8 Å². The molecule has 0 bridgehead atoms. The zero-order valence-electron chi connectivity index (χ0n) is 8.52. The lowest BCUT2D eigenvalue weighted by Crippen LogP contribution is -2.27. The molecular weight excluding hydrogens is 190 g/mol. The molecule has 0 radical (unpaired) electrons. The number of carboxylic acids is 1. The Bertz CT molecular complexity index is 372. The molecule has 3 nitrogen and oxygen atoms in total. The topological polar surface area (TPSA) is 63.3 Å². The average Bonchev–Trinajstić information content (AvgIpc) is 2.12. The maximum absolute atomic E-state index is 11.2. The van der Waals surface area contributed by atoms with E-state index in [-0.39, 0.29) is 5.92 Å². The first-order valence-corrected chi connectivity index (χ1v) is 5.27. The summed E-state index contributed by atoms with van der Waals surface area (Å²) in [6.07, 6.45) is 3.15. The van der Waals surface area contributed by atoms with E-state index < -0.39 is 11.9 Å². The highest BCUT2D eigenvalue weighted by Crippen LogP contribution is 2.41. The zero-order valence-corrected chi connectivity index (χ0v) is 8.52. The first-order chi connectivity index (χ1) is 7.20. The lowest BCUT2D eigenvalue weighted by molar-refractivity contribution is -0.141. The van der Waals surface area contributed by atoms with E-state index >= 15 is 0 Å². The van der Waals surface area contributed by atoms with Crippen LogP contribution in [0.1, 0.15) is 30.7 Å². The van der Waals surface area contributed by atoms with Gasteiger partial charge in [-0.2, -0.15) is 0 Å². The Morgan fingerprint density at radius 3 is 2.53 bits per heavy atom. The van der Waals surface area contributed by atoms with Gasteiger partial charge in [0.1, 0.15) is 0 Å². The third kappa shape index (κ3) is 1.82. The third-order valence-electron chi connectivity index (χ3n) is 3.22. The number of anilines is 1. The van der Waals surface area contributed by atoms with Gasteiger partial charge in [-0.25, -0.2) is 0 Å². The van der Waals surface area contributed by atoms with Crippen molar-refractivity contribution < 1.29 is 9.90 Å². The van der Waals surface area contributed by atoms with Crippen molar-refractivity contribution in [3.05, 3.63) is 29.8 Å². The number of hydrogen-bond acceptors (Lipinski definition) is 2. The second-order valence-corrected chi connectivity index (χ2v) is 4.14. The van der Waals surface area contributed by atoms with Crippen molar-refractivity contribution in [2.45, 2.75) is 25.2 Å². The predicted octanol–water partition coefficient (Wildman–Crippen LogP) is 2.24. The van der Waals surface area contributed by atoms with Gasteiger partial charge in [0, 0.05) is 5.69 Å². The van der Waals surface area contributed by atoms with Gasteiger partial charge in [0.2, 0.25) is 0 Å². The van der Waals surface area contributed by atoms with E-state index in [9.17, 15) is 9.90 Å². The van der Waals surface area contributed by atoms with E-state index in [4.69, 9.17) is 5.73 Å². The standard InChI is InChI=1S/C12H15NO2/c13-10-7-2-1-6-9(10)11(12(14)15)8-4-3-5-8/h1-2,6-8,11H,3-5,13H2,(H,14,15). The fourth-order valence-electron chi connectivity index (χ4n) is 2.16. The van der Waals surface area contributed by atoms with Gasteiger partial charge in [-0.05, 0) is 30.4 Å². The van der Waals surface area contributed by atoms with Crippen LogP contribution in [-0.2, 0) is 4.79 Å². The van der Waals surface area contributed by atoms with Crippen molar-refractivity contribution in [2.75, 3.05) is 5.73 Å². The van der Waals surface area contributed by atoms with Crippen LogP contribution in [0.25, 0.3) is 0 Å². The number of para-hydroxylation sites is 1. The van der Waals surface area contributed by atoms with Crippen LogP contribution in [0, 0.1) is 5.92 Å². The second kappa shape index (κ2) is 3.93. The molecule has 2 rings (SSSR count). The molecule has 1 atom stereocenters. The molecular formula is C12H15NO2. The first-order valence-electron chi connectivity index (χ1n) is 5.27. The van der Waals surface area contributed by atoms with Gasteiger partial charge in [-0.3, -0.25) is 4.79 Å². The highest BCUT2D eigenvalue weighted by atomic mass is 16.4. The summed E-state index contributed by atoms with van der Waals surface area (Å²) < 4.78 is 0. The van der Waals surface area contributed by atoms with Crippen molar-refractivity contribution in [2.24, 2.45) is 5.92 Å². The number of aliphatic carboxylic acids is 1. The smallest absolute Gasteiger partial charge is 0.311 e. The van der Waals surface area contributed by atoms with E-state index in [0.29, 0.717) is 5.69 Å². The Morgan fingerprint density at radius 2 is 2.07 bits per heavy atom. The molecule has 3 N–H and O–H groups in total. The van der Waals surface area contributed by atoms with Crippen molar-refractivity contribution in [1.29, 1.82) is 0 Å². The van der Waals surface area contributed by atoms with Crippen LogP contribution in [0.15, 0.2) is 24.3 Å². The van der Waals surface area contributed by atoms with Crippen molar-refractivity contribution in [3.8, 4) is 0 Å². The van der Waals surface area contributed by atoms with Gasteiger partial charge in [0.15, 0.2) is 0 Å². The molecule has 0 aliphatic heterocycles. The fraction of sp³-hybridized carbons (Fsp3) is 0.417. The van der Waals surface area contributed by atoms with Crippen LogP contribution in [0.5, 0.6) is 0 Å². The van der Waals surface area contributed by atoms with E-state index in [2.05, 4.69) is 0 Å². The van der Waals surface area contributed by atoms with Gasteiger partial charge >= 0.3 is 5.97 Å². The first kappa shape index (κ1) is 10.0. The summed E-state index contributed by atoms with van der Waals surface area (Å²) in [7, 11) is 0. The Labute approximate surface area is 88.9 Å². The molecule has 1 aliphatic rings. The van der Waals surface area contributed by atoms with Crippen LogP contribution in [0.4, 0.5) is 5.69 Å². The van der Waals surface area contributed by atoms with E-state index in [1.165, 1.54) is 0 Å². The SMILES string of the molecule is Nc1ccccc1C(C(=O)O)C1CCC1. The summed E-state index contributed by atoms with van der Waals surface area (Å²) in [4.78, 5) is 11.2. The van der Waals surface area contributed by atoms with Crippen molar-refractivity contribution >= 4 is 11.7 Å². The Kier molecular flexibility index (Phi) is 2.62. The van der Waals surface area contributed by atoms with Crippen LogP contribution in [-0.4, -0.2) is 11.1 Å². The predicted molar refractivity (Wildman–Crippen MR) is 58.6 cm³/mol. The monoisotopic (exact) mass is 205 g/mol. The number of benzene rings is 1. The molecule has 1 saturated carbocycles. The molecule has 1 unspecified atom stereocenters. The number of hydrogen-bond donors (Lipinski definition) is 2. The van der Waals surface area contributed by atoms with Crippen LogP contribution >= 0.6 is 0 Å². The Hall–Kier alpha value is -1.51. The molecule has 1 aliphatic carbocycles. The Balaban J connectivity index is 2.32. The van der Waals surface area contributed by atoms with Gasteiger partial charge in [0.25, 0.3) is 0 Å². The van der Waals surface area contributed by atoms with Crippen LogP contribution in [0.2, 0.25) is 0 Å². The maximum Gasteiger partial charge on any atom is 0.311 e. The molecule has 0 heterocycles. The minimum atomic E-state index is -0.752. The largest absolute Gasteiger partial charge is 0.481 e. The summed E-state index contributed by atoms with van der Waals surface area (Å²) in [5.41, 5.74) is 7.18. The third-order valence-corrected chi connectivity index (χ3v) is 3.22. The molecule has 1 aromatic rings. The summed E-state index contributed by atoms with van der Waals surface area (Å²) >= 11 is 0. The summed E-state index contributed by atoms with van der Waals surface area (Å²) in [5, 5.41) is 9.23. The van der Waals surface area contributed by atoms with Gasteiger partial charge in [-0.15, -0.1) is 0 Å². The van der Waals surface area contributed by atoms with Gasteiger partial charge in [0.05, 0.1) is 5.92 Å². The number of nitrogen functional groups attached to an aromatic ring is 1. The van der Waals surface area contributed by atoms with E-state index in [0.717, 1.165) is 24.8 Å². The van der Waals surface area contributed by atoms with E-state index in [1.807, 2.05) is 18.2 Å². The molecule has 1 aromatic carbocycles. The molecule has 0 aromatic heterocycles. The number of rotatable bonds is 3. The molecule has 15 heavy (non-hydrogen) atoms. The fourth-order valence-corrected chi connectivity index (χ4v) is 2.16. The molecule has 0 saturated heterocycles. The highest BCUT2D eigenvalue weighted by Gasteiger charge is 2.34. The van der Waals surface area contributed by atoms with Crippen LogP contribution in [0.3, 0.4) is 0 Å².